The lowest BCUT2D eigenvalue weighted by Crippen LogP contribution is -1.98. The van der Waals surface area contributed by atoms with Crippen molar-refractivity contribution >= 4 is 5.78 Å². The highest BCUT2D eigenvalue weighted by molar-refractivity contribution is 5.77. The molecule has 2 nitrogen and oxygen atoms in total. The first kappa shape index (κ1) is 9.16. The molecule has 0 saturated carbocycles. The third kappa shape index (κ3) is 4.08. The van der Waals surface area contributed by atoms with E-state index in [9.17, 15) is 4.79 Å². The molecule has 1 atom stereocenters. The molecule has 0 bridgehead atoms. The molecule has 10 heavy (non-hydrogen) atoms. The van der Waals surface area contributed by atoms with Gasteiger partial charge in [0.25, 0.3) is 0 Å². The molecule has 0 fully saturated rings. The van der Waals surface area contributed by atoms with Gasteiger partial charge in [-0.2, -0.15) is 5.26 Å². The number of hydrogen-bond acceptors (Lipinski definition) is 2. The van der Waals surface area contributed by atoms with Crippen LogP contribution in [0.4, 0.5) is 0 Å². The van der Waals surface area contributed by atoms with Crippen LogP contribution in [0.5, 0.6) is 0 Å². The van der Waals surface area contributed by atoms with Crippen LogP contribution in [0.3, 0.4) is 0 Å². The topological polar surface area (TPSA) is 40.9 Å². The van der Waals surface area contributed by atoms with Gasteiger partial charge in [0.15, 0.2) is 0 Å². The van der Waals surface area contributed by atoms with Crippen LogP contribution in [-0.4, -0.2) is 5.78 Å². The lowest BCUT2D eigenvalue weighted by atomic mass is 10.0. The highest BCUT2D eigenvalue weighted by Gasteiger charge is 2.02. The Bertz CT molecular complexity index is 146. The first-order valence-corrected chi connectivity index (χ1v) is 3.62. The SMILES string of the molecule is CCC(=O)CCC(C)C#N. The second-order valence-electron chi connectivity index (χ2n) is 2.46. The molecule has 0 spiro atoms. The van der Waals surface area contributed by atoms with Crippen LogP contribution in [0.25, 0.3) is 0 Å². The van der Waals surface area contributed by atoms with Gasteiger partial charge in [-0.3, -0.25) is 4.79 Å². The maximum Gasteiger partial charge on any atom is 0.132 e. The van der Waals surface area contributed by atoms with Gasteiger partial charge in [0.2, 0.25) is 0 Å². The fourth-order valence-electron chi connectivity index (χ4n) is 0.619. The van der Waals surface area contributed by atoms with E-state index >= 15 is 0 Å². The molecule has 0 aliphatic rings. The van der Waals surface area contributed by atoms with E-state index in [1.165, 1.54) is 0 Å². The van der Waals surface area contributed by atoms with Gasteiger partial charge in [-0.15, -0.1) is 0 Å². The number of ketones is 1. The Balaban J connectivity index is 3.37. The summed E-state index contributed by atoms with van der Waals surface area (Å²) in [5, 5.41) is 8.36. The van der Waals surface area contributed by atoms with Crippen molar-refractivity contribution < 1.29 is 4.79 Å². The number of carbonyl (C=O) groups excluding carboxylic acids is 1. The molecule has 2 heteroatoms. The third-order valence-electron chi connectivity index (χ3n) is 1.47. The van der Waals surface area contributed by atoms with Gasteiger partial charge < -0.3 is 0 Å². The van der Waals surface area contributed by atoms with E-state index in [2.05, 4.69) is 6.07 Å². The second-order valence-corrected chi connectivity index (χ2v) is 2.46. The molecule has 0 aromatic rings. The number of Topliss-reactive ketones (excluding diaryl/α,β-unsaturated/α-hetero) is 1. The van der Waals surface area contributed by atoms with E-state index in [-0.39, 0.29) is 11.7 Å². The molecule has 0 saturated heterocycles. The van der Waals surface area contributed by atoms with E-state index in [1.807, 2.05) is 13.8 Å². The fourth-order valence-corrected chi connectivity index (χ4v) is 0.619. The van der Waals surface area contributed by atoms with Gasteiger partial charge in [0.1, 0.15) is 5.78 Å². The molecule has 0 radical (unpaired) electrons. The number of carbonyl (C=O) groups is 1. The highest BCUT2D eigenvalue weighted by atomic mass is 16.1. The molecule has 0 aliphatic heterocycles. The van der Waals surface area contributed by atoms with Gasteiger partial charge >= 0.3 is 0 Å². The Hall–Kier alpha value is -0.840. The molecule has 0 amide bonds. The quantitative estimate of drug-likeness (QED) is 0.597. The molecule has 1 unspecified atom stereocenters. The largest absolute Gasteiger partial charge is 0.300 e. The molecule has 0 aromatic carbocycles. The van der Waals surface area contributed by atoms with Gasteiger partial charge in [-0.05, 0) is 13.3 Å². The minimum Gasteiger partial charge on any atom is -0.300 e. The average Bonchev–Trinajstić information content (AvgIpc) is 1.99. The Morgan fingerprint density at radius 2 is 2.30 bits per heavy atom. The molecule has 0 aliphatic carbocycles. The zero-order chi connectivity index (χ0) is 7.98. The van der Waals surface area contributed by atoms with Gasteiger partial charge in [-0.1, -0.05) is 6.92 Å². The summed E-state index contributed by atoms with van der Waals surface area (Å²) in [5.74, 6) is 0.276. The van der Waals surface area contributed by atoms with Gasteiger partial charge in [0.05, 0.1) is 6.07 Å². The Labute approximate surface area is 61.8 Å². The smallest absolute Gasteiger partial charge is 0.132 e. The van der Waals surface area contributed by atoms with Crippen LogP contribution in [0, 0.1) is 17.2 Å². The number of hydrogen-bond donors (Lipinski definition) is 0. The van der Waals surface area contributed by atoms with Crippen molar-refractivity contribution in [2.24, 2.45) is 5.92 Å². The summed E-state index contributed by atoms with van der Waals surface area (Å²) in [6, 6.07) is 2.09. The van der Waals surface area contributed by atoms with Crippen LogP contribution in [0.1, 0.15) is 33.1 Å². The highest BCUT2D eigenvalue weighted by Crippen LogP contribution is 2.04. The molecule has 0 aromatic heterocycles. The van der Waals surface area contributed by atoms with Crippen LogP contribution in [0.2, 0.25) is 0 Å². The van der Waals surface area contributed by atoms with E-state index in [0.29, 0.717) is 19.3 Å². The number of nitrogens with zero attached hydrogens (tertiary/aromatic N) is 1. The lowest BCUT2D eigenvalue weighted by Gasteiger charge is -1.98. The summed E-state index contributed by atoms with van der Waals surface area (Å²) in [7, 11) is 0. The van der Waals surface area contributed by atoms with Gasteiger partial charge in [-0.25, -0.2) is 0 Å². The molecular formula is C8H13NO. The van der Waals surface area contributed by atoms with Crippen molar-refractivity contribution in [1.29, 1.82) is 5.26 Å². The molecular weight excluding hydrogens is 126 g/mol. The maximum absolute atomic E-state index is 10.7. The Morgan fingerprint density at radius 3 is 2.70 bits per heavy atom. The van der Waals surface area contributed by atoms with E-state index in [4.69, 9.17) is 5.26 Å². The molecule has 0 N–H and O–H groups in total. The minimum absolute atomic E-state index is 0.0236. The monoisotopic (exact) mass is 139 g/mol. The summed E-state index contributed by atoms with van der Waals surface area (Å²) in [5.41, 5.74) is 0. The Morgan fingerprint density at radius 1 is 1.70 bits per heavy atom. The van der Waals surface area contributed by atoms with Crippen molar-refractivity contribution in [3.05, 3.63) is 0 Å². The summed E-state index contributed by atoms with van der Waals surface area (Å²) in [6.45, 7) is 3.68. The van der Waals surface area contributed by atoms with Crippen molar-refractivity contribution in [3.8, 4) is 6.07 Å². The predicted molar refractivity (Wildman–Crippen MR) is 39.3 cm³/mol. The lowest BCUT2D eigenvalue weighted by molar-refractivity contribution is -0.118. The van der Waals surface area contributed by atoms with Crippen LogP contribution < -0.4 is 0 Å². The minimum atomic E-state index is 0.0236. The number of nitriles is 1. The zero-order valence-corrected chi connectivity index (χ0v) is 6.55. The fraction of sp³-hybridized carbons (Fsp3) is 0.750. The second kappa shape index (κ2) is 4.99. The van der Waals surface area contributed by atoms with E-state index in [0.717, 1.165) is 0 Å². The van der Waals surface area contributed by atoms with Crippen LogP contribution in [0.15, 0.2) is 0 Å². The maximum atomic E-state index is 10.7. The normalized spacial score (nSPS) is 12.1. The summed E-state index contributed by atoms with van der Waals surface area (Å²) in [6.07, 6.45) is 1.87. The van der Waals surface area contributed by atoms with Gasteiger partial charge in [0, 0.05) is 18.8 Å². The molecule has 56 valence electrons. The van der Waals surface area contributed by atoms with Crippen molar-refractivity contribution in [3.63, 3.8) is 0 Å². The Kier molecular flexibility index (Phi) is 4.57. The molecule has 0 rings (SSSR count). The van der Waals surface area contributed by atoms with Crippen LogP contribution in [-0.2, 0) is 4.79 Å². The van der Waals surface area contributed by atoms with E-state index < -0.39 is 0 Å². The molecule has 0 heterocycles. The summed E-state index contributed by atoms with van der Waals surface area (Å²) < 4.78 is 0. The summed E-state index contributed by atoms with van der Waals surface area (Å²) in [4.78, 5) is 10.7. The average molecular weight is 139 g/mol. The first-order chi connectivity index (χ1) is 4.70. The first-order valence-electron chi connectivity index (χ1n) is 3.62. The summed E-state index contributed by atoms with van der Waals surface area (Å²) >= 11 is 0. The van der Waals surface area contributed by atoms with Crippen molar-refractivity contribution in [2.75, 3.05) is 0 Å². The van der Waals surface area contributed by atoms with E-state index in [1.54, 1.807) is 0 Å². The van der Waals surface area contributed by atoms with Crippen molar-refractivity contribution in [1.82, 2.24) is 0 Å². The van der Waals surface area contributed by atoms with Crippen molar-refractivity contribution in [2.45, 2.75) is 33.1 Å². The van der Waals surface area contributed by atoms with Crippen LogP contribution >= 0.6 is 0 Å². The number of rotatable bonds is 4. The standard InChI is InChI=1S/C8H13NO/c1-3-8(10)5-4-7(2)6-9/h7H,3-5H2,1-2H3. The predicted octanol–water partition coefficient (Wildman–Crippen LogP) is 1.91. The third-order valence-corrected chi connectivity index (χ3v) is 1.47. The zero-order valence-electron chi connectivity index (χ0n) is 6.55.